The zero-order chi connectivity index (χ0) is 19.0. The molecule has 138 valence electrons. The number of hydrogen-bond donors (Lipinski definition) is 0. The van der Waals surface area contributed by atoms with Crippen molar-refractivity contribution < 1.29 is 14.4 Å². The van der Waals surface area contributed by atoms with Gasteiger partial charge < -0.3 is 4.90 Å². The first-order chi connectivity index (χ1) is 13.1. The van der Waals surface area contributed by atoms with Gasteiger partial charge >= 0.3 is 0 Å². The van der Waals surface area contributed by atoms with Crippen molar-refractivity contribution in [2.24, 2.45) is 0 Å². The highest BCUT2D eigenvalue weighted by atomic mass is 35.5. The van der Waals surface area contributed by atoms with Crippen molar-refractivity contribution in [3.05, 3.63) is 59.1 Å². The molecule has 1 fully saturated rings. The van der Waals surface area contributed by atoms with Crippen LogP contribution in [0.15, 0.2) is 53.4 Å². The molecule has 2 aliphatic rings. The standard InChI is InChI=1S/C20H17ClN2O3S/c21-13-7-9-14(10-8-13)27-12-18(24)23-16-5-2-1-4-15(16)19(25)22-11-3-6-17(22)20(23)26/h1-2,4-5,7-10,17H,3,6,11-12H2. The van der Waals surface area contributed by atoms with E-state index in [0.29, 0.717) is 29.2 Å². The third-order valence-electron chi connectivity index (χ3n) is 4.82. The van der Waals surface area contributed by atoms with Crippen molar-refractivity contribution in [2.45, 2.75) is 23.8 Å². The largest absolute Gasteiger partial charge is 0.327 e. The van der Waals surface area contributed by atoms with E-state index in [1.165, 1.54) is 16.7 Å². The Labute approximate surface area is 166 Å². The summed E-state index contributed by atoms with van der Waals surface area (Å²) >= 11 is 7.23. The number of anilines is 1. The second-order valence-electron chi connectivity index (χ2n) is 6.48. The first-order valence-corrected chi connectivity index (χ1v) is 10.1. The van der Waals surface area contributed by atoms with Gasteiger partial charge in [-0.05, 0) is 49.2 Å². The lowest BCUT2D eigenvalue weighted by Crippen LogP contribution is -2.47. The minimum atomic E-state index is -0.561. The van der Waals surface area contributed by atoms with Gasteiger partial charge in [0.05, 0.1) is 17.0 Å². The van der Waals surface area contributed by atoms with E-state index in [1.807, 2.05) is 12.1 Å². The fourth-order valence-corrected chi connectivity index (χ4v) is 4.41. The van der Waals surface area contributed by atoms with Crippen LogP contribution in [0.2, 0.25) is 5.02 Å². The molecule has 0 aliphatic carbocycles. The first kappa shape index (κ1) is 18.1. The minimum absolute atomic E-state index is 0.0998. The van der Waals surface area contributed by atoms with Crippen LogP contribution in [-0.2, 0) is 9.59 Å². The molecular weight excluding hydrogens is 384 g/mol. The van der Waals surface area contributed by atoms with Crippen molar-refractivity contribution in [3.8, 4) is 0 Å². The molecule has 27 heavy (non-hydrogen) atoms. The number of imide groups is 1. The molecular formula is C20H17ClN2O3S. The number of amides is 3. The summed E-state index contributed by atoms with van der Waals surface area (Å²) in [6, 6.07) is 13.5. The highest BCUT2D eigenvalue weighted by Crippen LogP contribution is 2.33. The third kappa shape index (κ3) is 3.35. The molecule has 0 aromatic heterocycles. The SMILES string of the molecule is O=C(CSc1ccc(Cl)cc1)N1C(=O)C2CCCN2C(=O)c2ccccc21. The number of carbonyl (C=O) groups excluding carboxylic acids is 3. The Balaban J connectivity index is 1.64. The summed E-state index contributed by atoms with van der Waals surface area (Å²) in [6.07, 6.45) is 1.36. The van der Waals surface area contributed by atoms with Gasteiger partial charge in [-0.2, -0.15) is 0 Å². The van der Waals surface area contributed by atoms with Gasteiger partial charge in [-0.25, -0.2) is 4.90 Å². The number of nitrogens with zero attached hydrogens (tertiary/aromatic N) is 2. The van der Waals surface area contributed by atoms with Crippen LogP contribution in [0.4, 0.5) is 5.69 Å². The number of para-hydroxylation sites is 1. The maximum absolute atomic E-state index is 13.1. The van der Waals surface area contributed by atoms with Crippen molar-refractivity contribution >= 4 is 46.8 Å². The third-order valence-corrected chi connectivity index (χ3v) is 6.07. The fraction of sp³-hybridized carbons (Fsp3) is 0.250. The average molecular weight is 401 g/mol. The van der Waals surface area contributed by atoms with Crippen molar-refractivity contribution in [2.75, 3.05) is 17.2 Å². The number of thioether (sulfide) groups is 1. The quantitative estimate of drug-likeness (QED) is 0.738. The van der Waals surface area contributed by atoms with E-state index in [-0.39, 0.29) is 23.5 Å². The van der Waals surface area contributed by atoms with Crippen LogP contribution >= 0.6 is 23.4 Å². The number of carbonyl (C=O) groups is 3. The Morgan fingerprint density at radius 3 is 2.63 bits per heavy atom. The summed E-state index contributed by atoms with van der Waals surface area (Å²) in [5, 5.41) is 0.627. The molecule has 5 nitrogen and oxygen atoms in total. The molecule has 1 unspecified atom stereocenters. The normalized spacial score (nSPS) is 18.9. The molecule has 4 rings (SSSR count). The van der Waals surface area contributed by atoms with Gasteiger partial charge in [0.15, 0.2) is 0 Å². The van der Waals surface area contributed by atoms with E-state index in [1.54, 1.807) is 41.3 Å². The van der Waals surface area contributed by atoms with E-state index in [0.717, 1.165) is 11.3 Å². The minimum Gasteiger partial charge on any atom is -0.327 e. The van der Waals surface area contributed by atoms with Gasteiger partial charge in [0.2, 0.25) is 5.91 Å². The van der Waals surface area contributed by atoms with E-state index < -0.39 is 6.04 Å². The fourth-order valence-electron chi connectivity index (χ4n) is 3.54. The lowest BCUT2D eigenvalue weighted by molar-refractivity contribution is -0.127. The topological polar surface area (TPSA) is 57.7 Å². The predicted octanol–water partition coefficient (Wildman–Crippen LogP) is 3.61. The van der Waals surface area contributed by atoms with E-state index in [4.69, 9.17) is 11.6 Å². The molecule has 2 heterocycles. The highest BCUT2D eigenvalue weighted by Gasteiger charge is 2.43. The van der Waals surface area contributed by atoms with Crippen LogP contribution in [0.25, 0.3) is 0 Å². The van der Waals surface area contributed by atoms with Crippen LogP contribution < -0.4 is 4.90 Å². The van der Waals surface area contributed by atoms with Crippen LogP contribution in [0.1, 0.15) is 23.2 Å². The molecule has 3 amide bonds. The number of halogens is 1. The van der Waals surface area contributed by atoms with Gasteiger partial charge in [-0.15, -0.1) is 11.8 Å². The lowest BCUT2D eigenvalue weighted by Gasteiger charge is -2.24. The summed E-state index contributed by atoms with van der Waals surface area (Å²) in [6.45, 7) is 0.547. The molecule has 2 aromatic carbocycles. The molecule has 1 atom stereocenters. The second-order valence-corrected chi connectivity index (χ2v) is 7.97. The van der Waals surface area contributed by atoms with Gasteiger partial charge in [-0.1, -0.05) is 23.7 Å². The summed E-state index contributed by atoms with van der Waals surface area (Å²) in [4.78, 5) is 42.7. The van der Waals surface area contributed by atoms with Crippen molar-refractivity contribution in [3.63, 3.8) is 0 Å². The zero-order valence-corrected chi connectivity index (χ0v) is 16.0. The van der Waals surface area contributed by atoms with E-state index in [2.05, 4.69) is 0 Å². The van der Waals surface area contributed by atoms with Gasteiger partial charge in [0.25, 0.3) is 11.8 Å². The Morgan fingerprint density at radius 2 is 1.85 bits per heavy atom. The molecule has 2 aromatic rings. The lowest BCUT2D eigenvalue weighted by atomic mass is 10.1. The molecule has 0 saturated carbocycles. The monoisotopic (exact) mass is 400 g/mol. The van der Waals surface area contributed by atoms with Gasteiger partial charge in [0, 0.05) is 16.5 Å². The summed E-state index contributed by atoms with van der Waals surface area (Å²) in [7, 11) is 0. The van der Waals surface area contributed by atoms with Crippen LogP contribution in [0.3, 0.4) is 0 Å². The number of hydrogen-bond acceptors (Lipinski definition) is 4. The second kappa shape index (κ2) is 7.37. The average Bonchev–Trinajstić information content (AvgIpc) is 3.14. The zero-order valence-electron chi connectivity index (χ0n) is 14.4. The highest BCUT2D eigenvalue weighted by molar-refractivity contribution is 8.00. The van der Waals surface area contributed by atoms with Gasteiger partial charge in [-0.3, -0.25) is 14.4 Å². The van der Waals surface area contributed by atoms with Crippen LogP contribution in [-0.4, -0.2) is 41.0 Å². The van der Waals surface area contributed by atoms with Crippen molar-refractivity contribution in [1.82, 2.24) is 4.90 Å². The number of benzene rings is 2. The molecule has 0 bridgehead atoms. The molecule has 0 spiro atoms. The number of fused-ring (bicyclic) bond motifs is 2. The molecule has 7 heteroatoms. The van der Waals surface area contributed by atoms with Crippen LogP contribution in [0.5, 0.6) is 0 Å². The Kier molecular flexibility index (Phi) is 4.93. The number of rotatable bonds is 3. The maximum Gasteiger partial charge on any atom is 0.256 e. The predicted molar refractivity (Wildman–Crippen MR) is 105 cm³/mol. The molecule has 2 aliphatic heterocycles. The molecule has 0 N–H and O–H groups in total. The smallest absolute Gasteiger partial charge is 0.256 e. The van der Waals surface area contributed by atoms with Crippen LogP contribution in [0, 0.1) is 0 Å². The summed E-state index contributed by atoms with van der Waals surface area (Å²) in [5.74, 6) is -0.716. The first-order valence-electron chi connectivity index (χ1n) is 8.71. The summed E-state index contributed by atoms with van der Waals surface area (Å²) in [5.41, 5.74) is 0.781. The van der Waals surface area contributed by atoms with Crippen molar-refractivity contribution in [1.29, 1.82) is 0 Å². The Morgan fingerprint density at radius 1 is 1.11 bits per heavy atom. The van der Waals surface area contributed by atoms with E-state index >= 15 is 0 Å². The summed E-state index contributed by atoms with van der Waals surface area (Å²) < 4.78 is 0. The Bertz CT molecular complexity index is 916. The molecule has 1 saturated heterocycles. The maximum atomic E-state index is 13.1. The van der Waals surface area contributed by atoms with E-state index in [9.17, 15) is 14.4 Å². The van der Waals surface area contributed by atoms with Gasteiger partial charge in [0.1, 0.15) is 6.04 Å². The molecule has 0 radical (unpaired) electrons. The Hall–Kier alpha value is -2.31.